The van der Waals surface area contributed by atoms with Crippen LogP contribution in [0.5, 0.6) is 0 Å². The first-order chi connectivity index (χ1) is 6.85. The quantitative estimate of drug-likeness (QED) is 0.579. The van der Waals surface area contributed by atoms with Gasteiger partial charge >= 0.3 is 12.3 Å². The summed E-state index contributed by atoms with van der Waals surface area (Å²) >= 11 is 2.48. The van der Waals surface area contributed by atoms with Crippen molar-refractivity contribution in [2.45, 2.75) is 17.2 Å². The number of halogens is 6. The zero-order chi connectivity index (χ0) is 11.6. The fourth-order valence-electron chi connectivity index (χ4n) is 0.965. The molecule has 6 heteroatoms. The van der Waals surface area contributed by atoms with Crippen molar-refractivity contribution in [2.24, 2.45) is 0 Å². The van der Waals surface area contributed by atoms with E-state index < -0.39 is 23.0 Å². The minimum Gasteiger partial charge on any atom is -0.207 e. The van der Waals surface area contributed by atoms with Crippen molar-refractivity contribution in [3.8, 4) is 0 Å². The van der Waals surface area contributed by atoms with E-state index in [9.17, 15) is 22.0 Å². The van der Waals surface area contributed by atoms with Crippen LogP contribution in [0.25, 0.3) is 0 Å². The maximum atomic E-state index is 12.8. The Balaban J connectivity index is 2.94. The average Bonchev–Trinajstić information content (AvgIpc) is 2.17. The molecule has 0 N–H and O–H groups in total. The smallest absolute Gasteiger partial charge is 0.207 e. The third-order valence-corrected chi connectivity index (χ3v) is 2.93. The molecule has 1 aromatic rings. The summed E-state index contributed by atoms with van der Waals surface area (Å²) in [5, 5.41) is 0. The topological polar surface area (TPSA) is 0 Å². The van der Waals surface area contributed by atoms with Crippen molar-refractivity contribution in [1.29, 1.82) is 0 Å². The molecule has 1 atom stereocenters. The van der Waals surface area contributed by atoms with Crippen molar-refractivity contribution < 1.29 is 22.0 Å². The van der Waals surface area contributed by atoms with Gasteiger partial charge in [0, 0.05) is 0 Å². The summed E-state index contributed by atoms with van der Waals surface area (Å²) < 4.78 is 62.1. The molecule has 0 bridgehead atoms. The monoisotopic (exact) mass is 288 g/mol. The van der Waals surface area contributed by atoms with Crippen LogP contribution in [-0.4, -0.2) is 12.3 Å². The number of benzene rings is 1. The summed E-state index contributed by atoms with van der Waals surface area (Å²) in [6, 6.07) is 3.94. The van der Waals surface area contributed by atoms with Gasteiger partial charge in [-0.2, -0.15) is 8.78 Å². The Kier molecular flexibility index (Phi) is 3.70. The van der Waals surface area contributed by atoms with Crippen LogP contribution in [0.1, 0.15) is 10.4 Å². The summed E-state index contributed by atoms with van der Waals surface area (Å²) in [6.45, 7) is 0. The first-order valence-electron chi connectivity index (χ1n) is 3.91. The molecule has 0 saturated heterocycles. The van der Waals surface area contributed by atoms with Gasteiger partial charge in [-0.15, -0.1) is 0 Å². The number of alkyl halides is 5. The molecule has 0 aliphatic carbocycles. The van der Waals surface area contributed by atoms with E-state index in [2.05, 4.69) is 15.9 Å². The molecule has 15 heavy (non-hydrogen) atoms. The fourth-order valence-corrected chi connectivity index (χ4v) is 1.47. The summed E-state index contributed by atoms with van der Waals surface area (Å²) in [7, 11) is 0. The number of rotatable bonds is 3. The van der Waals surface area contributed by atoms with Crippen LogP contribution in [0.15, 0.2) is 24.3 Å². The van der Waals surface area contributed by atoms with E-state index >= 15 is 0 Å². The van der Waals surface area contributed by atoms with Crippen LogP contribution in [0.4, 0.5) is 22.0 Å². The summed E-state index contributed by atoms with van der Waals surface area (Å²) in [6.07, 6.45) is -3.77. The van der Waals surface area contributed by atoms with Crippen LogP contribution in [0.2, 0.25) is 0 Å². The third kappa shape index (κ3) is 2.68. The molecule has 0 aliphatic heterocycles. The van der Waals surface area contributed by atoms with Gasteiger partial charge in [0.2, 0.25) is 0 Å². The molecule has 84 valence electrons. The molecule has 0 aromatic heterocycles. The standard InChI is InChI=1S/C9H6BrF5/c10-7(9(14,15)8(12)13)5-1-3-6(11)4-2-5/h1-4,7-8H. The van der Waals surface area contributed by atoms with Gasteiger partial charge in [0.1, 0.15) is 10.6 Å². The molecular formula is C9H6BrF5. The molecular weight excluding hydrogens is 283 g/mol. The Hall–Kier alpha value is -0.650. The van der Waals surface area contributed by atoms with Gasteiger partial charge in [-0.1, -0.05) is 28.1 Å². The molecule has 0 amide bonds. The lowest BCUT2D eigenvalue weighted by atomic mass is 10.1. The van der Waals surface area contributed by atoms with Gasteiger partial charge in [-0.05, 0) is 17.7 Å². The lowest BCUT2D eigenvalue weighted by Crippen LogP contribution is -2.31. The minimum absolute atomic E-state index is 0.0956. The zero-order valence-corrected chi connectivity index (χ0v) is 8.82. The lowest BCUT2D eigenvalue weighted by molar-refractivity contribution is -0.127. The Labute approximate surface area is 91.2 Å². The second kappa shape index (κ2) is 4.47. The molecule has 1 rings (SSSR count). The van der Waals surface area contributed by atoms with Crippen molar-refractivity contribution in [3.05, 3.63) is 35.6 Å². The zero-order valence-electron chi connectivity index (χ0n) is 7.23. The van der Waals surface area contributed by atoms with E-state index in [0.717, 1.165) is 24.3 Å². The Morgan fingerprint density at radius 3 is 1.93 bits per heavy atom. The Morgan fingerprint density at radius 1 is 1.07 bits per heavy atom. The third-order valence-electron chi connectivity index (χ3n) is 1.79. The van der Waals surface area contributed by atoms with Crippen LogP contribution in [0.3, 0.4) is 0 Å². The van der Waals surface area contributed by atoms with E-state index in [-0.39, 0.29) is 5.56 Å². The molecule has 0 fully saturated rings. The van der Waals surface area contributed by atoms with Crippen molar-refractivity contribution >= 4 is 15.9 Å². The summed E-state index contributed by atoms with van der Waals surface area (Å²) in [5.74, 6) is -4.79. The average molecular weight is 289 g/mol. The van der Waals surface area contributed by atoms with Crippen LogP contribution in [0, 0.1) is 5.82 Å². The highest BCUT2D eigenvalue weighted by Gasteiger charge is 2.48. The van der Waals surface area contributed by atoms with Crippen molar-refractivity contribution in [2.75, 3.05) is 0 Å². The number of hydrogen-bond donors (Lipinski definition) is 0. The van der Waals surface area contributed by atoms with E-state index in [1.54, 1.807) is 0 Å². The van der Waals surface area contributed by atoms with Gasteiger partial charge < -0.3 is 0 Å². The molecule has 0 radical (unpaired) electrons. The van der Waals surface area contributed by atoms with Crippen molar-refractivity contribution in [3.63, 3.8) is 0 Å². The van der Waals surface area contributed by atoms with E-state index in [1.807, 2.05) is 0 Å². The maximum Gasteiger partial charge on any atom is 0.323 e. The van der Waals surface area contributed by atoms with E-state index in [1.165, 1.54) is 0 Å². The highest BCUT2D eigenvalue weighted by atomic mass is 79.9. The van der Waals surface area contributed by atoms with Gasteiger partial charge in [0.25, 0.3) is 0 Å². The van der Waals surface area contributed by atoms with Gasteiger partial charge in [0.15, 0.2) is 0 Å². The molecule has 1 unspecified atom stereocenters. The SMILES string of the molecule is Fc1ccc(C(Br)C(F)(F)C(F)F)cc1. The molecule has 0 saturated carbocycles. The highest BCUT2D eigenvalue weighted by Crippen LogP contribution is 2.42. The molecule has 0 nitrogen and oxygen atoms in total. The molecule has 0 heterocycles. The second-order valence-electron chi connectivity index (χ2n) is 2.89. The maximum absolute atomic E-state index is 12.8. The molecule has 1 aromatic carbocycles. The Bertz CT molecular complexity index is 322. The van der Waals surface area contributed by atoms with Gasteiger partial charge in [-0.25, -0.2) is 13.2 Å². The predicted molar refractivity (Wildman–Crippen MR) is 49.0 cm³/mol. The van der Waals surface area contributed by atoms with Crippen LogP contribution >= 0.6 is 15.9 Å². The van der Waals surface area contributed by atoms with E-state index in [4.69, 9.17) is 0 Å². The largest absolute Gasteiger partial charge is 0.323 e. The number of hydrogen-bond acceptors (Lipinski definition) is 0. The minimum atomic E-state index is -4.18. The summed E-state index contributed by atoms with van der Waals surface area (Å²) in [5.41, 5.74) is -0.0956. The first kappa shape index (κ1) is 12.4. The van der Waals surface area contributed by atoms with Crippen LogP contribution in [-0.2, 0) is 0 Å². The van der Waals surface area contributed by atoms with Gasteiger partial charge in [0.05, 0.1) is 0 Å². The van der Waals surface area contributed by atoms with Crippen molar-refractivity contribution in [1.82, 2.24) is 0 Å². The fraction of sp³-hybridized carbons (Fsp3) is 0.333. The molecule has 0 aliphatic rings. The molecule has 0 spiro atoms. The van der Waals surface area contributed by atoms with E-state index in [0.29, 0.717) is 0 Å². The Morgan fingerprint density at radius 2 is 1.53 bits per heavy atom. The lowest BCUT2D eigenvalue weighted by Gasteiger charge is -2.21. The summed E-state index contributed by atoms with van der Waals surface area (Å²) in [4.78, 5) is -1.83. The second-order valence-corrected chi connectivity index (χ2v) is 3.81. The first-order valence-corrected chi connectivity index (χ1v) is 4.82. The highest BCUT2D eigenvalue weighted by molar-refractivity contribution is 9.09. The normalized spacial score (nSPS) is 14.3. The van der Waals surface area contributed by atoms with Crippen LogP contribution < -0.4 is 0 Å². The van der Waals surface area contributed by atoms with Gasteiger partial charge in [-0.3, -0.25) is 0 Å². The predicted octanol–water partition coefficient (Wildman–Crippen LogP) is 4.16.